The van der Waals surface area contributed by atoms with Gasteiger partial charge in [0.1, 0.15) is 0 Å². The summed E-state index contributed by atoms with van der Waals surface area (Å²) in [7, 11) is 0. The van der Waals surface area contributed by atoms with Crippen molar-refractivity contribution in [3.05, 3.63) is 46.7 Å². The van der Waals surface area contributed by atoms with Crippen molar-refractivity contribution in [1.29, 1.82) is 10.8 Å². The van der Waals surface area contributed by atoms with Crippen LogP contribution in [0.15, 0.2) is 46.7 Å². The standard InChI is InChI=1S/C18H23N3/c19-11-13(12-20)10-16-15-8-4-5-9-17(15)21-18(16)14-6-2-1-3-7-14/h2,6-7,10-12,15,17,19-21H,1,3-5,8-9H2. The Hall–Kier alpha value is -1.90. The van der Waals surface area contributed by atoms with Crippen LogP contribution in [0, 0.1) is 16.7 Å². The summed E-state index contributed by atoms with van der Waals surface area (Å²) in [4.78, 5) is 0. The Morgan fingerprint density at radius 1 is 1.14 bits per heavy atom. The first kappa shape index (κ1) is 14.1. The molecule has 1 saturated carbocycles. The van der Waals surface area contributed by atoms with Crippen LogP contribution in [0.3, 0.4) is 0 Å². The smallest absolute Gasteiger partial charge is 0.0449 e. The summed E-state index contributed by atoms with van der Waals surface area (Å²) in [5.74, 6) is 0.542. The highest BCUT2D eigenvalue weighted by Crippen LogP contribution is 2.40. The third kappa shape index (κ3) is 2.78. The Bertz CT molecular complexity index is 553. The van der Waals surface area contributed by atoms with Gasteiger partial charge in [-0.3, -0.25) is 0 Å². The number of hydrogen-bond acceptors (Lipinski definition) is 3. The molecule has 1 fully saturated rings. The molecule has 3 rings (SSSR count). The predicted molar refractivity (Wildman–Crippen MR) is 88.0 cm³/mol. The van der Waals surface area contributed by atoms with E-state index in [0.29, 0.717) is 17.5 Å². The quantitative estimate of drug-likeness (QED) is 0.672. The number of fused-ring (bicyclic) bond motifs is 1. The van der Waals surface area contributed by atoms with E-state index in [1.54, 1.807) is 0 Å². The SMILES string of the molecule is N=CC(C=N)=CC1=C(C2=CCCC=C2)NC2CCCCC12. The molecule has 1 heterocycles. The minimum Gasteiger partial charge on any atom is -0.381 e. The van der Waals surface area contributed by atoms with Crippen molar-refractivity contribution >= 4 is 12.4 Å². The van der Waals surface area contributed by atoms with Crippen LogP contribution in [0.4, 0.5) is 0 Å². The molecular weight excluding hydrogens is 258 g/mol. The van der Waals surface area contributed by atoms with Gasteiger partial charge in [-0.15, -0.1) is 0 Å². The first-order valence-electron chi connectivity index (χ1n) is 7.94. The Morgan fingerprint density at radius 2 is 1.95 bits per heavy atom. The summed E-state index contributed by atoms with van der Waals surface area (Å²) in [6.45, 7) is 0. The Kier molecular flexibility index (Phi) is 4.18. The van der Waals surface area contributed by atoms with Crippen LogP contribution in [0.25, 0.3) is 0 Å². The highest BCUT2D eigenvalue weighted by Gasteiger charge is 2.35. The first-order chi connectivity index (χ1) is 10.3. The highest BCUT2D eigenvalue weighted by molar-refractivity contribution is 6.02. The van der Waals surface area contributed by atoms with Gasteiger partial charge in [0, 0.05) is 35.7 Å². The fourth-order valence-corrected chi connectivity index (χ4v) is 3.66. The normalized spacial score (nSPS) is 27.5. The van der Waals surface area contributed by atoms with Gasteiger partial charge in [-0.25, -0.2) is 0 Å². The average Bonchev–Trinajstić information content (AvgIpc) is 2.92. The molecule has 0 bridgehead atoms. The Morgan fingerprint density at radius 3 is 2.67 bits per heavy atom. The van der Waals surface area contributed by atoms with E-state index in [1.807, 2.05) is 6.08 Å². The maximum Gasteiger partial charge on any atom is 0.0449 e. The third-order valence-electron chi connectivity index (χ3n) is 4.72. The van der Waals surface area contributed by atoms with Gasteiger partial charge < -0.3 is 16.1 Å². The molecule has 0 aromatic heterocycles. The van der Waals surface area contributed by atoms with Crippen molar-refractivity contribution in [2.75, 3.05) is 0 Å². The molecule has 21 heavy (non-hydrogen) atoms. The monoisotopic (exact) mass is 281 g/mol. The summed E-state index contributed by atoms with van der Waals surface area (Å²) >= 11 is 0. The third-order valence-corrected chi connectivity index (χ3v) is 4.72. The van der Waals surface area contributed by atoms with E-state index in [-0.39, 0.29) is 0 Å². The summed E-state index contributed by atoms with van der Waals surface area (Å²) in [5, 5.41) is 18.6. The number of allylic oxidation sites excluding steroid dienone is 5. The van der Waals surface area contributed by atoms with E-state index in [0.717, 1.165) is 12.8 Å². The fourth-order valence-electron chi connectivity index (χ4n) is 3.66. The molecule has 3 nitrogen and oxygen atoms in total. The van der Waals surface area contributed by atoms with Crippen LogP contribution >= 0.6 is 0 Å². The van der Waals surface area contributed by atoms with Crippen LogP contribution in [-0.2, 0) is 0 Å². The van der Waals surface area contributed by atoms with Crippen molar-refractivity contribution in [3.8, 4) is 0 Å². The molecule has 0 saturated heterocycles. The molecule has 3 N–H and O–H groups in total. The zero-order valence-corrected chi connectivity index (χ0v) is 12.4. The summed E-state index contributed by atoms with van der Waals surface area (Å²) in [5.41, 5.74) is 4.51. The molecule has 1 aliphatic heterocycles. The van der Waals surface area contributed by atoms with Crippen LogP contribution in [0.5, 0.6) is 0 Å². The molecule has 2 aliphatic carbocycles. The largest absolute Gasteiger partial charge is 0.381 e. The van der Waals surface area contributed by atoms with Gasteiger partial charge in [0.05, 0.1) is 0 Å². The van der Waals surface area contributed by atoms with E-state index in [1.165, 1.54) is 55.0 Å². The lowest BCUT2D eigenvalue weighted by Crippen LogP contribution is -2.31. The van der Waals surface area contributed by atoms with Crippen molar-refractivity contribution in [2.45, 2.75) is 44.6 Å². The van der Waals surface area contributed by atoms with Crippen molar-refractivity contribution in [1.82, 2.24) is 5.32 Å². The number of hydrogen-bond donors (Lipinski definition) is 3. The molecule has 3 aliphatic rings. The lowest BCUT2D eigenvalue weighted by molar-refractivity contribution is 0.343. The van der Waals surface area contributed by atoms with Gasteiger partial charge in [-0.2, -0.15) is 0 Å². The predicted octanol–water partition coefficient (Wildman–Crippen LogP) is 3.90. The lowest BCUT2D eigenvalue weighted by atomic mass is 9.81. The topological polar surface area (TPSA) is 59.7 Å². The molecule has 2 unspecified atom stereocenters. The Balaban J connectivity index is 2.02. The minimum absolute atomic E-state index is 0.536. The number of nitrogens with one attached hydrogen (secondary N) is 3. The van der Waals surface area contributed by atoms with Crippen molar-refractivity contribution in [3.63, 3.8) is 0 Å². The van der Waals surface area contributed by atoms with Gasteiger partial charge in [-0.05, 0) is 42.9 Å². The molecule has 0 aromatic rings. The second-order valence-electron chi connectivity index (χ2n) is 6.04. The van der Waals surface area contributed by atoms with Gasteiger partial charge in [0.2, 0.25) is 0 Å². The maximum atomic E-state index is 7.45. The average molecular weight is 281 g/mol. The zero-order valence-electron chi connectivity index (χ0n) is 12.4. The van der Waals surface area contributed by atoms with Crippen molar-refractivity contribution < 1.29 is 0 Å². The lowest BCUT2D eigenvalue weighted by Gasteiger charge is -2.26. The van der Waals surface area contributed by atoms with E-state index in [9.17, 15) is 0 Å². The summed E-state index contributed by atoms with van der Waals surface area (Å²) in [6.07, 6.45) is 18.6. The second-order valence-corrected chi connectivity index (χ2v) is 6.04. The van der Waals surface area contributed by atoms with E-state index < -0.39 is 0 Å². The van der Waals surface area contributed by atoms with Gasteiger partial charge in [0.25, 0.3) is 0 Å². The maximum absolute atomic E-state index is 7.45. The molecule has 0 radical (unpaired) electrons. The fraction of sp³-hybridized carbons (Fsp3) is 0.444. The minimum atomic E-state index is 0.536. The van der Waals surface area contributed by atoms with Gasteiger partial charge >= 0.3 is 0 Å². The summed E-state index contributed by atoms with van der Waals surface area (Å²) < 4.78 is 0. The molecule has 3 heteroatoms. The highest BCUT2D eigenvalue weighted by atomic mass is 15.0. The van der Waals surface area contributed by atoms with Crippen LogP contribution in [-0.4, -0.2) is 18.5 Å². The van der Waals surface area contributed by atoms with E-state index in [2.05, 4.69) is 23.5 Å². The Labute approximate surface area is 126 Å². The van der Waals surface area contributed by atoms with Crippen LogP contribution in [0.1, 0.15) is 38.5 Å². The molecule has 2 atom stereocenters. The van der Waals surface area contributed by atoms with E-state index in [4.69, 9.17) is 10.8 Å². The van der Waals surface area contributed by atoms with E-state index >= 15 is 0 Å². The molecule has 0 aromatic carbocycles. The zero-order chi connectivity index (χ0) is 14.7. The molecule has 0 spiro atoms. The van der Waals surface area contributed by atoms with Gasteiger partial charge in [-0.1, -0.05) is 31.1 Å². The van der Waals surface area contributed by atoms with Crippen molar-refractivity contribution in [2.24, 2.45) is 5.92 Å². The number of rotatable bonds is 4. The first-order valence-corrected chi connectivity index (χ1v) is 7.94. The summed E-state index contributed by atoms with van der Waals surface area (Å²) in [6, 6.07) is 0.536. The second kappa shape index (κ2) is 6.25. The molecular formula is C18H23N3. The van der Waals surface area contributed by atoms with Crippen LogP contribution in [0.2, 0.25) is 0 Å². The van der Waals surface area contributed by atoms with Crippen LogP contribution < -0.4 is 5.32 Å². The molecule has 110 valence electrons. The molecule has 0 amide bonds. The van der Waals surface area contributed by atoms with Gasteiger partial charge in [0.15, 0.2) is 0 Å².